The molecule has 3 heterocycles. The Morgan fingerprint density at radius 2 is 1.75 bits per heavy atom. The summed E-state index contributed by atoms with van der Waals surface area (Å²) >= 11 is 0. The number of hydrogen-bond acceptors (Lipinski definition) is 5. The van der Waals surface area contributed by atoms with Crippen LogP contribution in [0.2, 0.25) is 0 Å². The minimum Gasteiger partial charge on any atom is -0.478 e. The van der Waals surface area contributed by atoms with E-state index in [4.69, 9.17) is 9.90 Å². The summed E-state index contributed by atoms with van der Waals surface area (Å²) in [6.07, 6.45) is 1.60. The molecule has 1 amide bonds. The summed E-state index contributed by atoms with van der Waals surface area (Å²) in [6.45, 7) is 1.28. The number of fused-ring (bicyclic) bond motifs is 1. The normalized spacial score (nSPS) is 15.8. The Hall–Kier alpha value is -3.44. The first-order chi connectivity index (χ1) is 15.0. The lowest BCUT2D eigenvalue weighted by molar-refractivity contribution is -0.192. The molecule has 2 aliphatic rings. The first kappa shape index (κ1) is 23.2. The number of aromatic carboxylic acids is 1. The van der Waals surface area contributed by atoms with Crippen molar-refractivity contribution < 1.29 is 37.8 Å². The molecule has 1 aliphatic heterocycles. The quantitative estimate of drug-likeness (QED) is 0.728. The van der Waals surface area contributed by atoms with E-state index in [1.807, 2.05) is 4.90 Å². The highest BCUT2D eigenvalue weighted by Gasteiger charge is 2.38. The molecule has 2 aromatic rings. The first-order valence-electron chi connectivity index (χ1n) is 9.81. The van der Waals surface area contributed by atoms with Gasteiger partial charge in [-0.15, -0.1) is 0 Å². The Bertz CT molecular complexity index is 1050. The van der Waals surface area contributed by atoms with E-state index in [0.29, 0.717) is 37.2 Å². The molecule has 1 saturated carbocycles. The Labute approximate surface area is 180 Å². The predicted octanol–water partition coefficient (Wildman–Crippen LogP) is 2.15. The van der Waals surface area contributed by atoms with E-state index >= 15 is 0 Å². The van der Waals surface area contributed by atoms with E-state index in [1.165, 1.54) is 0 Å². The van der Waals surface area contributed by atoms with Crippen LogP contribution in [0.4, 0.5) is 13.2 Å². The lowest BCUT2D eigenvalue weighted by Crippen LogP contribution is -2.34. The minimum absolute atomic E-state index is 0.189. The molecule has 12 heteroatoms. The molecule has 9 nitrogen and oxygen atoms in total. The van der Waals surface area contributed by atoms with Gasteiger partial charge in [0.15, 0.2) is 0 Å². The van der Waals surface area contributed by atoms with Crippen LogP contribution in [0.3, 0.4) is 0 Å². The van der Waals surface area contributed by atoms with E-state index in [1.54, 1.807) is 30.2 Å². The standard InChI is InChI=1S/C18H20N4O3.C2HF3O2/c1-21-10-13(9-19-21)16-14(18(24)25)8-12-4-6-22(7-5-15(12)20-16)17(23)11-2-3-11;3-2(4,5)1(6)7/h8-11H,2-7H2,1H3,(H,24,25);(H,6,7). The van der Waals surface area contributed by atoms with Gasteiger partial charge in [0.05, 0.1) is 17.5 Å². The van der Waals surface area contributed by atoms with Gasteiger partial charge in [-0.3, -0.25) is 14.5 Å². The highest BCUT2D eigenvalue weighted by Crippen LogP contribution is 2.32. The van der Waals surface area contributed by atoms with Crippen LogP contribution in [0, 0.1) is 5.92 Å². The summed E-state index contributed by atoms with van der Waals surface area (Å²) in [7, 11) is 1.79. The Kier molecular flexibility index (Phi) is 6.51. The molecule has 0 atom stereocenters. The molecule has 1 aliphatic carbocycles. The van der Waals surface area contributed by atoms with Crippen molar-refractivity contribution in [3.05, 3.63) is 35.3 Å². The van der Waals surface area contributed by atoms with E-state index in [0.717, 1.165) is 24.1 Å². The SMILES string of the molecule is Cn1cc(-c2nc3c(cc2C(=O)O)CCN(C(=O)C2CC2)CC3)cn1.O=C(O)C(F)(F)F. The van der Waals surface area contributed by atoms with Gasteiger partial charge in [0, 0.05) is 49.9 Å². The summed E-state index contributed by atoms with van der Waals surface area (Å²) in [6, 6.07) is 1.72. The topological polar surface area (TPSA) is 126 Å². The van der Waals surface area contributed by atoms with E-state index < -0.39 is 18.1 Å². The molecular weight excluding hydrogens is 433 g/mol. The van der Waals surface area contributed by atoms with Crippen molar-refractivity contribution in [3.8, 4) is 11.3 Å². The second-order valence-electron chi connectivity index (χ2n) is 7.60. The van der Waals surface area contributed by atoms with E-state index in [-0.39, 0.29) is 17.4 Å². The number of carboxylic acid groups (broad SMARTS) is 2. The van der Waals surface area contributed by atoms with Crippen molar-refractivity contribution in [2.24, 2.45) is 13.0 Å². The van der Waals surface area contributed by atoms with Crippen LogP contribution in [-0.2, 0) is 29.5 Å². The summed E-state index contributed by atoms with van der Waals surface area (Å²) in [5.41, 5.74) is 3.14. The third-order valence-corrected chi connectivity index (χ3v) is 5.15. The third-order valence-electron chi connectivity index (χ3n) is 5.15. The van der Waals surface area contributed by atoms with Crippen molar-refractivity contribution in [2.75, 3.05) is 13.1 Å². The van der Waals surface area contributed by atoms with Crippen LogP contribution in [0.15, 0.2) is 18.5 Å². The van der Waals surface area contributed by atoms with Crippen molar-refractivity contribution in [1.29, 1.82) is 0 Å². The van der Waals surface area contributed by atoms with Crippen LogP contribution in [0.25, 0.3) is 11.3 Å². The van der Waals surface area contributed by atoms with Crippen LogP contribution in [-0.4, -0.2) is 67.0 Å². The summed E-state index contributed by atoms with van der Waals surface area (Å²) in [5, 5.41) is 20.8. The Morgan fingerprint density at radius 3 is 2.25 bits per heavy atom. The lowest BCUT2D eigenvalue weighted by atomic mass is 10.0. The molecular formula is C20H21F3N4O5. The average molecular weight is 454 g/mol. The number of aryl methyl sites for hydroxylation is 1. The van der Waals surface area contributed by atoms with Crippen molar-refractivity contribution in [1.82, 2.24) is 19.7 Å². The van der Waals surface area contributed by atoms with Crippen LogP contribution >= 0.6 is 0 Å². The van der Waals surface area contributed by atoms with Crippen LogP contribution < -0.4 is 0 Å². The van der Waals surface area contributed by atoms with Gasteiger partial charge in [-0.05, 0) is 30.9 Å². The maximum Gasteiger partial charge on any atom is 0.490 e. The fourth-order valence-corrected chi connectivity index (χ4v) is 3.37. The zero-order chi connectivity index (χ0) is 23.6. The molecule has 0 spiro atoms. The van der Waals surface area contributed by atoms with Gasteiger partial charge in [0.25, 0.3) is 0 Å². The molecule has 2 N–H and O–H groups in total. The number of pyridine rings is 1. The fourth-order valence-electron chi connectivity index (χ4n) is 3.37. The van der Waals surface area contributed by atoms with Gasteiger partial charge in [0.2, 0.25) is 5.91 Å². The van der Waals surface area contributed by atoms with Crippen molar-refractivity contribution in [2.45, 2.75) is 31.9 Å². The number of halogens is 3. The monoisotopic (exact) mass is 454 g/mol. The zero-order valence-electron chi connectivity index (χ0n) is 17.1. The molecule has 0 unspecified atom stereocenters. The number of aromatic nitrogens is 3. The van der Waals surface area contributed by atoms with Gasteiger partial charge in [0.1, 0.15) is 0 Å². The highest BCUT2D eigenvalue weighted by atomic mass is 19.4. The molecule has 2 aromatic heterocycles. The number of hydrogen-bond donors (Lipinski definition) is 2. The average Bonchev–Trinajstić information content (AvgIpc) is 3.50. The number of nitrogens with zero attached hydrogens (tertiary/aromatic N) is 4. The predicted molar refractivity (Wildman–Crippen MR) is 104 cm³/mol. The second kappa shape index (κ2) is 8.97. The van der Waals surface area contributed by atoms with Gasteiger partial charge < -0.3 is 15.1 Å². The van der Waals surface area contributed by atoms with Crippen molar-refractivity contribution in [3.63, 3.8) is 0 Å². The summed E-state index contributed by atoms with van der Waals surface area (Å²) < 4.78 is 33.4. The van der Waals surface area contributed by atoms with Gasteiger partial charge >= 0.3 is 18.1 Å². The van der Waals surface area contributed by atoms with Crippen LogP contribution in [0.5, 0.6) is 0 Å². The molecule has 172 valence electrons. The van der Waals surface area contributed by atoms with Gasteiger partial charge in [-0.1, -0.05) is 0 Å². The summed E-state index contributed by atoms with van der Waals surface area (Å²) in [5.74, 6) is -3.31. The molecule has 0 aromatic carbocycles. The van der Waals surface area contributed by atoms with Crippen molar-refractivity contribution >= 4 is 17.8 Å². The first-order valence-corrected chi connectivity index (χ1v) is 9.81. The molecule has 0 bridgehead atoms. The lowest BCUT2D eigenvalue weighted by Gasteiger charge is -2.19. The number of amides is 1. The summed E-state index contributed by atoms with van der Waals surface area (Å²) in [4.78, 5) is 39.5. The van der Waals surface area contributed by atoms with Gasteiger partial charge in [-0.2, -0.15) is 18.3 Å². The highest BCUT2D eigenvalue weighted by molar-refractivity contribution is 5.95. The minimum atomic E-state index is -5.08. The largest absolute Gasteiger partial charge is 0.490 e. The smallest absolute Gasteiger partial charge is 0.478 e. The zero-order valence-corrected chi connectivity index (χ0v) is 17.1. The molecule has 0 radical (unpaired) electrons. The Balaban J connectivity index is 0.000000360. The maximum atomic E-state index is 12.3. The number of carbonyl (C=O) groups is 3. The van der Waals surface area contributed by atoms with Crippen LogP contribution in [0.1, 0.15) is 34.5 Å². The third kappa shape index (κ3) is 5.42. The maximum absolute atomic E-state index is 12.3. The van der Waals surface area contributed by atoms with E-state index in [9.17, 15) is 27.9 Å². The number of aliphatic carboxylic acids is 1. The second-order valence-corrected chi connectivity index (χ2v) is 7.60. The van der Waals surface area contributed by atoms with Gasteiger partial charge in [-0.25, -0.2) is 9.59 Å². The fraction of sp³-hybridized carbons (Fsp3) is 0.450. The molecule has 32 heavy (non-hydrogen) atoms. The molecule has 0 saturated heterocycles. The molecule has 1 fully saturated rings. The number of alkyl halides is 3. The molecule has 4 rings (SSSR count). The number of carbonyl (C=O) groups excluding carboxylic acids is 1. The van der Waals surface area contributed by atoms with E-state index in [2.05, 4.69) is 10.1 Å². The number of carboxylic acids is 2. The number of rotatable bonds is 3. The Morgan fingerprint density at radius 1 is 1.12 bits per heavy atom.